The summed E-state index contributed by atoms with van der Waals surface area (Å²) in [7, 11) is 0. The van der Waals surface area contributed by atoms with Gasteiger partial charge in [-0.2, -0.15) is 0 Å². The molecule has 26 heavy (non-hydrogen) atoms. The summed E-state index contributed by atoms with van der Waals surface area (Å²) < 4.78 is 0. The van der Waals surface area contributed by atoms with E-state index in [4.69, 9.17) is 0 Å². The highest BCUT2D eigenvalue weighted by Crippen LogP contribution is 2.05. The van der Waals surface area contributed by atoms with Crippen LogP contribution in [0, 0.1) is 13.8 Å². The van der Waals surface area contributed by atoms with Crippen molar-refractivity contribution in [2.24, 2.45) is 0 Å². The minimum Gasteiger partial charge on any atom is -0.352 e. The van der Waals surface area contributed by atoms with Crippen LogP contribution in [0.25, 0.3) is 0 Å². The van der Waals surface area contributed by atoms with Crippen molar-refractivity contribution in [1.29, 1.82) is 0 Å². The fourth-order valence-corrected chi connectivity index (χ4v) is 2.78. The zero-order valence-corrected chi connectivity index (χ0v) is 15.7. The van der Waals surface area contributed by atoms with Gasteiger partial charge >= 0.3 is 0 Å². The van der Waals surface area contributed by atoms with E-state index in [0.29, 0.717) is 24.2 Å². The van der Waals surface area contributed by atoms with Crippen LogP contribution >= 0.6 is 0 Å². The lowest BCUT2D eigenvalue weighted by Crippen LogP contribution is -2.25. The first-order valence-corrected chi connectivity index (χ1v) is 9.26. The van der Waals surface area contributed by atoms with Crippen LogP contribution in [-0.2, 0) is 0 Å². The molecule has 0 saturated carbocycles. The number of carbonyl (C=O) groups is 2. The van der Waals surface area contributed by atoms with Crippen molar-refractivity contribution in [1.82, 2.24) is 10.6 Å². The number of rotatable bonds is 9. The molecule has 0 saturated heterocycles. The predicted octanol–water partition coefficient (Wildman–Crippen LogP) is 4.02. The molecule has 0 unspecified atom stereocenters. The SMILES string of the molecule is Cc1cccc(C(=O)NCCCCCCNC(=O)c2cccc(C)c2)c1. The van der Waals surface area contributed by atoms with Crippen molar-refractivity contribution >= 4 is 11.8 Å². The molecule has 2 aromatic carbocycles. The van der Waals surface area contributed by atoms with E-state index in [2.05, 4.69) is 10.6 Å². The molecule has 2 rings (SSSR count). The Morgan fingerprint density at radius 1 is 0.692 bits per heavy atom. The Morgan fingerprint density at radius 2 is 1.12 bits per heavy atom. The van der Waals surface area contributed by atoms with Gasteiger partial charge in [-0.3, -0.25) is 9.59 Å². The second kappa shape index (κ2) is 10.4. The van der Waals surface area contributed by atoms with E-state index >= 15 is 0 Å². The monoisotopic (exact) mass is 352 g/mol. The van der Waals surface area contributed by atoms with E-state index in [9.17, 15) is 9.59 Å². The van der Waals surface area contributed by atoms with Crippen LogP contribution in [-0.4, -0.2) is 24.9 Å². The second-order valence-electron chi connectivity index (χ2n) is 6.66. The first-order chi connectivity index (χ1) is 12.6. The van der Waals surface area contributed by atoms with Gasteiger partial charge < -0.3 is 10.6 Å². The van der Waals surface area contributed by atoms with Gasteiger partial charge in [0, 0.05) is 24.2 Å². The van der Waals surface area contributed by atoms with E-state index in [1.54, 1.807) is 0 Å². The predicted molar refractivity (Wildman–Crippen MR) is 105 cm³/mol. The van der Waals surface area contributed by atoms with Gasteiger partial charge in [0.05, 0.1) is 0 Å². The molecule has 4 nitrogen and oxygen atoms in total. The highest BCUT2D eigenvalue weighted by Gasteiger charge is 2.05. The number of carbonyl (C=O) groups excluding carboxylic acids is 2. The number of benzene rings is 2. The highest BCUT2D eigenvalue weighted by molar-refractivity contribution is 5.94. The van der Waals surface area contributed by atoms with E-state index < -0.39 is 0 Å². The van der Waals surface area contributed by atoms with Crippen molar-refractivity contribution in [3.63, 3.8) is 0 Å². The van der Waals surface area contributed by atoms with Gasteiger partial charge in [-0.15, -0.1) is 0 Å². The smallest absolute Gasteiger partial charge is 0.251 e. The third-order valence-corrected chi connectivity index (χ3v) is 4.24. The molecule has 0 aliphatic heterocycles. The zero-order valence-electron chi connectivity index (χ0n) is 15.7. The first-order valence-electron chi connectivity index (χ1n) is 9.26. The first kappa shape index (κ1) is 19.7. The zero-order chi connectivity index (χ0) is 18.8. The van der Waals surface area contributed by atoms with Crippen molar-refractivity contribution < 1.29 is 9.59 Å². The summed E-state index contributed by atoms with van der Waals surface area (Å²) in [5.74, 6) is -0.0294. The molecule has 0 radical (unpaired) electrons. The normalized spacial score (nSPS) is 10.4. The maximum atomic E-state index is 12.0. The molecule has 2 N–H and O–H groups in total. The van der Waals surface area contributed by atoms with Crippen molar-refractivity contribution in [2.45, 2.75) is 39.5 Å². The average molecular weight is 352 g/mol. The molecule has 138 valence electrons. The molecular formula is C22H28N2O2. The Bertz CT molecular complexity index is 677. The summed E-state index contributed by atoms with van der Waals surface area (Å²) in [5, 5.41) is 5.91. The van der Waals surface area contributed by atoms with Crippen LogP contribution in [0.2, 0.25) is 0 Å². The van der Waals surface area contributed by atoms with Gasteiger partial charge in [0.1, 0.15) is 0 Å². The fraction of sp³-hybridized carbons (Fsp3) is 0.364. The average Bonchev–Trinajstić information content (AvgIpc) is 2.63. The number of unbranched alkanes of at least 4 members (excludes halogenated alkanes) is 3. The third-order valence-electron chi connectivity index (χ3n) is 4.24. The molecule has 2 amide bonds. The van der Waals surface area contributed by atoms with E-state index in [1.165, 1.54) is 0 Å². The molecular weight excluding hydrogens is 324 g/mol. The van der Waals surface area contributed by atoms with E-state index in [-0.39, 0.29) is 11.8 Å². The molecule has 2 aromatic rings. The Kier molecular flexibility index (Phi) is 7.87. The quantitative estimate of drug-likeness (QED) is 0.670. The highest BCUT2D eigenvalue weighted by atomic mass is 16.2. The molecule has 0 heterocycles. The molecule has 0 atom stereocenters. The molecule has 0 fully saturated rings. The number of nitrogens with one attached hydrogen (secondary N) is 2. The van der Waals surface area contributed by atoms with Crippen LogP contribution in [0.15, 0.2) is 48.5 Å². The summed E-state index contributed by atoms with van der Waals surface area (Å²) in [6.45, 7) is 5.33. The lowest BCUT2D eigenvalue weighted by Gasteiger charge is -2.07. The number of aryl methyl sites for hydroxylation is 2. The lowest BCUT2D eigenvalue weighted by molar-refractivity contribution is 0.0943. The molecule has 0 bridgehead atoms. The summed E-state index contributed by atoms with van der Waals surface area (Å²) in [6, 6.07) is 15.2. The Labute approximate surface area is 156 Å². The number of hydrogen-bond acceptors (Lipinski definition) is 2. The van der Waals surface area contributed by atoms with Crippen molar-refractivity contribution in [2.75, 3.05) is 13.1 Å². The van der Waals surface area contributed by atoms with Crippen LogP contribution in [0.1, 0.15) is 57.5 Å². The number of amides is 2. The topological polar surface area (TPSA) is 58.2 Å². The molecule has 4 heteroatoms. The van der Waals surface area contributed by atoms with Crippen LogP contribution in [0.4, 0.5) is 0 Å². The van der Waals surface area contributed by atoms with Gasteiger partial charge in [0.25, 0.3) is 11.8 Å². The van der Waals surface area contributed by atoms with E-state index in [0.717, 1.165) is 36.8 Å². The lowest BCUT2D eigenvalue weighted by atomic mass is 10.1. The summed E-state index contributed by atoms with van der Waals surface area (Å²) >= 11 is 0. The van der Waals surface area contributed by atoms with Crippen molar-refractivity contribution in [3.05, 3.63) is 70.8 Å². The molecule has 0 aromatic heterocycles. The molecule has 0 aliphatic carbocycles. The minimum atomic E-state index is -0.0147. The van der Waals surface area contributed by atoms with Gasteiger partial charge in [-0.05, 0) is 51.0 Å². The summed E-state index contributed by atoms with van der Waals surface area (Å²) in [5.41, 5.74) is 3.60. The van der Waals surface area contributed by atoms with Crippen LogP contribution < -0.4 is 10.6 Å². The maximum absolute atomic E-state index is 12.0. The number of hydrogen-bond donors (Lipinski definition) is 2. The second-order valence-corrected chi connectivity index (χ2v) is 6.66. The standard InChI is InChI=1S/C22H28N2O2/c1-17-9-7-11-19(15-17)21(25)23-13-5-3-4-6-14-24-22(26)20-12-8-10-18(2)16-20/h7-12,15-16H,3-6,13-14H2,1-2H3,(H,23,25)(H,24,26). The maximum Gasteiger partial charge on any atom is 0.251 e. The van der Waals surface area contributed by atoms with E-state index in [1.807, 2.05) is 62.4 Å². The molecule has 0 spiro atoms. The van der Waals surface area contributed by atoms with Crippen LogP contribution in [0.3, 0.4) is 0 Å². The summed E-state index contributed by atoms with van der Waals surface area (Å²) in [4.78, 5) is 24.0. The summed E-state index contributed by atoms with van der Waals surface area (Å²) in [6.07, 6.45) is 3.97. The largest absolute Gasteiger partial charge is 0.352 e. The third kappa shape index (κ3) is 6.71. The van der Waals surface area contributed by atoms with Gasteiger partial charge in [0.2, 0.25) is 0 Å². The minimum absolute atomic E-state index is 0.0147. The molecule has 0 aliphatic rings. The van der Waals surface area contributed by atoms with Gasteiger partial charge in [-0.1, -0.05) is 48.2 Å². The Balaban J connectivity index is 1.53. The Hall–Kier alpha value is -2.62. The Morgan fingerprint density at radius 3 is 1.50 bits per heavy atom. The fourth-order valence-electron chi connectivity index (χ4n) is 2.78. The van der Waals surface area contributed by atoms with Gasteiger partial charge in [0.15, 0.2) is 0 Å². The van der Waals surface area contributed by atoms with Crippen LogP contribution in [0.5, 0.6) is 0 Å². The van der Waals surface area contributed by atoms with Gasteiger partial charge in [-0.25, -0.2) is 0 Å². The van der Waals surface area contributed by atoms with Crippen molar-refractivity contribution in [3.8, 4) is 0 Å².